The lowest BCUT2D eigenvalue weighted by molar-refractivity contribution is -0.274. The van der Waals surface area contributed by atoms with Gasteiger partial charge in [-0.25, -0.2) is 8.78 Å². The van der Waals surface area contributed by atoms with Crippen LogP contribution in [0.25, 0.3) is 0 Å². The Balaban J connectivity index is 1.94. The van der Waals surface area contributed by atoms with Crippen LogP contribution in [0.5, 0.6) is 5.75 Å². The first kappa shape index (κ1) is 17.2. The Morgan fingerprint density at radius 3 is 2.60 bits per heavy atom. The molecule has 1 amide bonds. The molecule has 0 saturated heterocycles. The lowest BCUT2D eigenvalue weighted by atomic mass is 10.00. The van der Waals surface area contributed by atoms with Crippen LogP contribution < -0.4 is 9.64 Å². The summed E-state index contributed by atoms with van der Waals surface area (Å²) in [6, 6.07) is 6.87. The van der Waals surface area contributed by atoms with Crippen molar-refractivity contribution in [2.75, 3.05) is 11.4 Å². The lowest BCUT2D eigenvalue weighted by Crippen LogP contribution is -2.36. The third-order valence-corrected chi connectivity index (χ3v) is 3.83. The van der Waals surface area contributed by atoms with Crippen LogP contribution in [0.1, 0.15) is 22.3 Å². The molecule has 132 valence electrons. The SMILES string of the molecule is O=C(c1cccc(F)c1F)N1CCCc2cc(OC(F)(F)F)ccc21. The zero-order valence-corrected chi connectivity index (χ0v) is 12.7. The van der Waals surface area contributed by atoms with Gasteiger partial charge in [0.05, 0.1) is 5.56 Å². The van der Waals surface area contributed by atoms with Crippen molar-refractivity contribution in [3.8, 4) is 5.75 Å². The number of fused-ring (bicyclic) bond motifs is 1. The fourth-order valence-corrected chi connectivity index (χ4v) is 2.80. The average Bonchev–Trinajstić information content (AvgIpc) is 2.54. The summed E-state index contributed by atoms with van der Waals surface area (Å²) in [5.41, 5.74) is 0.399. The summed E-state index contributed by atoms with van der Waals surface area (Å²) >= 11 is 0. The van der Waals surface area contributed by atoms with Gasteiger partial charge in [-0.2, -0.15) is 0 Å². The van der Waals surface area contributed by atoms with Gasteiger partial charge in [-0.3, -0.25) is 4.79 Å². The molecule has 2 aromatic carbocycles. The van der Waals surface area contributed by atoms with Crippen LogP contribution >= 0.6 is 0 Å². The highest BCUT2D eigenvalue weighted by Gasteiger charge is 2.32. The number of halogens is 5. The summed E-state index contributed by atoms with van der Waals surface area (Å²) < 4.78 is 68.0. The number of carbonyl (C=O) groups excluding carboxylic acids is 1. The maximum Gasteiger partial charge on any atom is 0.573 e. The number of anilines is 1. The Labute approximate surface area is 139 Å². The molecule has 25 heavy (non-hydrogen) atoms. The standard InChI is InChI=1S/C17H12F5NO2/c18-13-5-1-4-12(15(13)19)16(24)23-8-2-3-10-9-11(6-7-14(10)23)25-17(20,21)22/h1,4-7,9H,2-3,8H2. The van der Waals surface area contributed by atoms with Crippen LogP contribution in [-0.4, -0.2) is 18.8 Å². The molecule has 3 nitrogen and oxygen atoms in total. The van der Waals surface area contributed by atoms with Crippen molar-refractivity contribution in [3.05, 3.63) is 59.2 Å². The molecule has 0 unspecified atom stereocenters. The van der Waals surface area contributed by atoms with E-state index in [1.54, 1.807) is 0 Å². The Bertz CT molecular complexity index is 819. The Morgan fingerprint density at radius 2 is 1.88 bits per heavy atom. The fraction of sp³-hybridized carbons (Fsp3) is 0.235. The van der Waals surface area contributed by atoms with Crippen LogP contribution in [-0.2, 0) is 6.42 Å². The van der Waals surface area contributed by atoms with Gasteiger partial charge in [0, 0.05) is 12.2 Å². The molecule has 0 fully saturated rings. The zero-order chi connectivity index (χ0) is 18.2. The third kappa shape index (κ3) is 3.57. The zero-order valence-electron chi connectivity index (χ0n) is 12.7. The molecule has 0 aromatic heterocycles. The molecular formula is C17H12F5NO2. The minimum Gasteiger partial charge on any atom is -0.406 e. The number of nitrogens with zero attached hydrogens (tertiary/aromatic N) is 1. The van der Waals surface area contributed by atoms with Crippen molar-refractivity contribution in [2.24, 2.45) is 0 Å². The van der Waals surface area contributed by atoms with E-state index < -0.39 is 35.2 Å². The maximum absolute atomic E-state index is 13.9. The summed E-state index contributed by atoms with van der Waals surface area (Å²) in [7, 11) is 0. The number of benzene rings is 2. The van der Waals surface area contributed by atoms with Gasteiger partial charge in [0.2, 0.25) is 0 Å². The Morgan fingerprint density at radius 1 is 1.12 bits per heavy atom. The molecule has 0 radical (unpaired) electrons. The highest BCUT2D eigenvalue weighted by atomic mass is 19.4. The van der Waals surface area contributed by atoms with Gasteiger partial charge >= 0.3 is 6.36 Å². The molecule has 1 aliphatic rings. The van der Waals surface area contributed by atoms with Gasteiger partial charge in [0.15, 0.2) is 11.6 Å². The molecule has 0 atom stereocenters. The lowest BCUT2D eigenvalue weighted by Gasteiger charge is -2.30. The summed E-state index contributed by atoms with van der Waals surface area (Å²) in [6.45, 7) is 0.251. The topological polar surface area (TPSA) is 29.5 Å². The molecule has 1 heterocycles. The van der Waals surface area contributed by atoms with Gasteiger partial charge in [-0.15, -0.1) is 13.2 Å². The molecule has 3 rings (SSSR count). The minimum absolute atomic E-state index is 0.251. The predicted octanol–water partition coefficient (Wildman–Crippen LogP) is 4.46. The van der Waals surface area contributed by atoms with Crippen molar-refractivity contribution in [3.63, 3.8) is 0 Å². The molecule has 0 N–H and O–H groups in total. The Hall–Kier alpha value is -2.64. The quantitative estimate of drug-likeness (QED) is 0.743. The Kier molecular flexibility index (Phi) is 4.36. The van der Waals surface area contributed by atoms with Crippen LogP contribution in [0, 0.1) is 11.6 Å². The van der Waals surface area contributed by atoms with Crippen LogP contribution in [0.4, 0.5) is 27.6 Å². The van der Waals surface area contributed by atoms with E-state index in [-0.39, 0.29) is 6.54 Å². The van der Waals surface area contributed by atoms with Gasteiger partial charge in [-0.05, 0) is 48.7 Å². The van der Waals surface area contributed by atoms with Crippen LogP contribution in [0.2, 0.25) is 0 Å². The predicted molar refractivity (Wildman–Crippen MR) is 79.5 cm³/mol. The number of hydrogen-bond acceptors (Lipinski definition) is 2. The summed E-state index contributed by atoms with van der Waals surface area (Å²) in [6.07, 6.45) is -3.89. The molecule has 2 aromatic rings. The molecule has 8 heteroatoms. The summed E-state index contributed by atoms with van der Waals surface area (Å²) in [5.74, 6) is -3.53. The number of aryl methyl sites for hydroxylation is 1. The highest BCUT2D eigenvalue weighted by molar-refractivity contribution is 6.07. The van der Waals surface area contributed by atoms with E-state index in [0.717, 1.165) is 18.2 Å². The van der Waals surface area contributed by atoms with Crippen molar-refractivity contribution < 1.29 is 31.5 Å². The van der Waals surface area contributed by atoms with E-state index in [1.165, 1.54) is 23.1 Å². The van der Waals surface area contributed by atoms with Gasteiger partial charge < -0.3 is 9.64 Å². The monoisotopic (exact) mass is 357 g/mol. The van der Waals surface area contributed by atoms with Crippen LogP contribution in [0.15, 0.2) is 36.4 Å². The fourth-order valence-electron chi connectivity index (χ4n) is 2.80. The van der Waals surface area contributed by atoms with Crippen molar-refractivity contribution in [2.45, 2.75) is 19.2 Å². The first-order chi connectivity index (χ1) is 11.8. The second kappa shape index (κ2) is 6.34. The second-order valence-electron chi connectivity index (χ2n) is 5.50. The van der Waals surface area contributed by atoms with E-state index in [9.17, 15) is 26.7 Å². The van der Waals surface area contributed by atoms with E-state index in [4.69, 9.17) is 0 Å². The second-order valence-corrected chi connectivity index (χ2v) is 5.50. The molecule has 1 aliphatic heterocycles. The smallest absolute Gasteiger partial charge is 0.406 e. The van der Waals surface area contributed by atoms with Crippen molar-refractivity contribution in [1.82, 2.24) is 0 Å². The van der Waals surface area contributed by atoms with E-state index in [2.05, 4.69) is 4.74 Å². The highest BCUT2D eigenvalue weighted by Crippen LogP contribution is 2.33. The number of amides is 1. The minimum atomic E-state index is -4.82. The summed E-state index contributed by atoms with van der Waals surface area (Å²) in [4.78, 5) is 13.8. The summed E-state index contributed by atoms with van der Waals surface area (Å²) in [5, 5.41) is 0. The molecule has 0 aliphatic carbocycles. The average molecular weight is 357 g/mol. The normalized spacial score (nSPS) is 14.2. The number of alkyl halides is 3. The van der Waals surface area contributed by atoms with Crippen LogP contribution in [0.3, 0.4) is 0 Å². The molecule has 0 saturated carbocycles. The number of hydrogen-bond donors (Lipinski definition) is 0. The first-order valence-corrected chi connectivity index (χ1v) is 7.41. The van der Waals surface area contributed by atoms with E-state index >= 15 is 0 Å². The van der Waals surface area contributed by atoms with Gasteiger partial charge in [0.25, 0.3) is 5.91 Å². The number of ether oxygens (including phenoxy) is 1. The number of carbonyl (C=O) groups is 1. The largest absolute Gasteiger partial charge is 0.573 e. The maximum atomic E-state index is 13.9. The first-order valence-electron chi connectivity index (χ1n) is 7.41. The number of rotatable bonds is 2. The molecular weight excluding hydrogens is 345 g/mol. The van der Waals surface area contributed by atoms with Crippen molar-refractivity contribution in [1.29, 1.82) is 0 Å². The third-order valence-electron chi connectivity index (χ3n) is 3.83. The van der Waals surface area contributed by atoms with E-state index in [1.807, 2.05) is 0 Å². The van der Waals surface area contributed by atoms with E-state index in [0.29, 0.717) is 24.1 Å². The molecule has 0 bridgehead atoms. The molecule has 0 spiro atoms. The van der Waals surface area contributed by atoms with Gasteiger partial charge in [-0.1, -0.05) is 6.07 Å². The van der Waals surface area contributed by atoms with Gasteiger partial charge in [0.1, 0.15) is 5.75 Å². The van der Waals surface area contributed by atoms with Crippen molar-refractivity contribution >= 4 is 11.6 Å².